The van der Waals surface area contributed by atoms with Crippen LogP contribution in [-0.4, -0.2) is 10.9 Å². The Kier molecular flexibility index (Phi) is 5.42. The molecule has 0 aliphatic rings. The van der Waals surface area contributed by atoms with Crippen LogP contribution >= 0.6 is 0 Å². The smallest absolute Gasteiger partial charge is 0.270 e. The summed E-state index contributed by atoms with van der Waals surface area (Å²) < 4.78 is 0. The summed E-state index contributed by atoms with van der Waals surface area (Å²) in [6.45, 7) is 3.29. The van der Waals surface area contributed by atoms with Crippen molar-refractivity contribution in [3.05, 3.63) is 95.3 Å². The molecule has 126 valence electrons. The molecule has 0 saturated carbocycles. The van der Waals surface area contributed by atoms with Gasteiger partial charge in [-0.25, -0.2) is 0 Å². The number of rotatable bonds is 6. The highest BCUT2D eigenvalue weighted by atomic mass is 16.1. The van der Waals surface area contributed by atoms with Crippen LogP contribution in [0.2, 0.25) is 0 Å². The lowest BCUT2D eigenvalue weighted by Gasteiger charge is -2.10. The molecule has 0 saturated heterocycles. The van der Waals surface area contributed by atoms with E-state index in [4.69, 9.17) is 0 Å². The lowest BCUT2D eigenvalue weighted by Crippen LogP contribution is -2.23. The molecule has 4 nitrogen and oxygen atoms in total. The Morgan fingerprint density at radius 1 is 0.960 bits per heavy atom. The van der Waals surface area contributed by atoms with Crippen molar-refractivity contribution >= 4 is 11.6 Å². The van der Waals surface area contributed by atoms with E-state index in [1.165, 1.54) is 11.1 Å². The minimum atomic E-state index is -0.177. The Morgan fingerprint density at radius 3 is 2.52 bits per heavy atom. The molecule has 0 radical (unpaired) electrons. The van der Waals surface area contributed by atoms with Crippen molar-refractivity contribution in [3.63, 3.8) is 0 Å². The fraction of sp³-hybridized carbons (Fsp3) is 0.143. The molecule has 0 fully saturated rings. The lowest BCUT2D eigenvalue weighted by molar-refractivity contribution is 0.0946. The van der Waals surface area contributed by atoms with Gasteiger partial charge in [0.15, 0.2) is 0 Å². The fourth-order valence-electron chi connectivity index (χ4n) is 2.54. The maximum Gasteiger partial charge on any atom is 0.270 e. The maximum atomic E-state index is 12.3. The number of hydrogen-bond acceptors (Lipinski definition) is 3. The largest absolute Gasteiger partial charge is 0.381 e. The lowest BCUT2D eigenvalue weighted by atomic mass is 10.1. The van der Waals surface area contributed by atoms with Gasteiger partial charge in [-0.15, -0.1) is 0 Å². The van der Waals surface area contributed by atoms with Crippen LogP contribution in [0.1, 0.15) is 27.2 Å². The summed E-state index contributed by atoms with van der Waals surface area (Å²) >= 11 is 0. The van der Waals surface area contributed by atoms with E-state index in [-0.39, 0.29) is 5.91 Å². The van der Waals surface area contributed by atoms with Gasteiger partial charge in [0.1, 0.15) is 5.69 Å². The highest BCUT2D eigenvalue weighted by Crippen LogP contribution is 2.13. The minimum absolute atomic E-state index is 0.177. The third kappa shape index (κ3) is 4.67. The van der Waals surface area contributed by atoms with Crippen LogP contribution in [0, 0.1) is 6.92 Å². The number of anilines is 1. The summed E-state index contributed by atoms with van der Waals surface area (Å²) in [6, 6.07) is 21.7. The molecule has 3 rings (SSSR count). The van der Waals surface area contributed by atoms with Crippen molar-refractivity contribution in [2.45, 2.75) is 20.0 Å². The number of pyridine rings is 1. The normalized spacial score (nSPS) is 10.3. The molecule has 0 aliphatic heterocycles. The first-order valence-corrected chi connectivity index (χ1v) is 8.29. The molecule has 1 amide bonds. The van der Waals surface area contributed by atoms with E-state index in [1.54, 1.807) is 12.3 Å². The van der Waals surface area contributed by atoms with Crippen molar-refractivity contribution in [3.8, 4) is 0 Å². The number of aromatic nitrogens is 1. The fourth-order valence-corrected chi connectivity index (χ4v) is 2.54. The summed E-state index contributed by atoms with van der Waals surface area (Å²) in [6.07, 6.45) is 1.65. The number of benzene rings is 2. The monoisotopic (exact) mass is 331 g/mol. The predicted molar refractivity (Wildman–Crippen MR) is 100 cm³/mol. The van der Waals surface area contributed by atoms with E-state index < -0.39 is 0 Å². The number of carbonyl (C=O) groups is 1. The van der Waals surface area contributed by atoms with Crippen LogP contribution in [0.3, 0.4) is 0 Å². The van der Waals surface area contributed by atoms with E-state index in [0.29, 0.717) is 18.8 Å². The summed E-state index contributed by atoms with van der Waals surface area (Å²) in [5.41, 5.74) is 4.82. The summed E-state index contributed by atoms with van der Waals surface area (Å²) in [7, 11) is 0. The molecule has 0 spiro atoms. The average molecular weight is 331 g/mol. The van der Waals surface area contributed by atoms with Gasteiger partial charge in [-0.05, 0) is 35.7 Å². The second-order valence-electron chi connectivity index (χ2n) is 5.88. The third-order valence-corrected chi connectivity index (χ3v) is 4.03. The Hall–Kier alpha value is -3.14. The topological polar surface area (TPSA) is 54.0 Å². The van der Waals surface area contributed by atoms with Gasteiger partial charge in [0.05, 0.1) is 0 Å². The zero-order valence-corrected chi connectivity index (χ0v) is 14.2. The quantitative estimate of drug-likeness (QED) is 0.719. The molecule has 0 aliphatic carbocycles. The molecule has 3 aromatic rings. The molecular weight excluding hydrogens is 310 g/mol. The van der Waals surface area contributed by atoms with Gasteiger partial charge in [-0.1, -0.05) is 54.6 Å². The maximum absolute atomic E-state index is 12.3. The molecule has 1 heterocycles. The first-order valence-electron chi connectivity index (χ1n) is 8.29. The number of nitrogens with zero attached hydrogens (tertiary/aromatic N) is 1. The second kappa shape index (κ2) is 8.11. The Balaban J connectivity index is 1.61. The Bertz CT molecular complexity index is 847. The third-order valence-electron chi connectivity index (χ3n) is 4.03. The van der Waals surface area contributed by atoms with Crippen LogP contribution in [0.5, 0.6) is 0 Å². The van der Waals surface area contributed by atoms with Crippen LogP contribution in [0.15, 0.2) is 72.9 Å². The van der Waals surface area contributed by atoms with Crippen molar-refractivity contribution < 1.29 is 4.79 Å². The number of amides is 1. The van der Waals surface area contributed by atoms with E-state index in [9.17, 15) is 4.79 Å². The molecule has 4 heteroatoms. The van der Waals surface area contributed by atoms with E-state index in [0.717, 1.165) is 11.3 Å². The first-order chi connectivity index (χ1) is 12.2. The highest BCUT2D eigenvalue weighted by Gasteiger charge is 2.08. The molecule has 0 atom stereocenters. The first kappa shape index (κ1) is 16.7. The Morgan fingerprint density at radius 2 is 1.72 bits per heavy atom. The van der Waals surface area contributed by atoms with Gasteiger partial charge in [0.25, 0.3) is 5.91 Å². The van der Waals surface area contributed by atoms with Gasteiger partial charge in [-0.3, -0.25) is 9.78 Å². The van der Waals surface area contributed by atoms with Crippen LogP contribution < -0.4 is 10.6 Å². The van der Waals surface area contributed by atoms with E-state index in [2.05, 4.69) is 34.7 Å². The van der Waals surface area contributed by atoms with Crippen LogP contribution in [0.4, 0.5) is 5.69 Å². The van der Waals surface area contributed by atoms with Gasteiger partial charge in [0.2, 0.25) is 0 Å². The molecular formula is C21H21N3O. The second-order valence-corrected chi connectivity index (χ2v) is 5.88. The number of aryl methyl sites for hydroxylation is 1. The zero-order chi connectivity index (χ0) is 17.5. The SMILES string of the molecule is Cc1ccccc1CNc1ccnc(C(=O)NCc2ccccc2)c1. The summed E-state index contributed by atoms with van der Waals surface area (Å²) in [5.74, 6) is -0.177. The average Bonchev–Trinajstić information content (AvgIpc) is 2.66. The summed E-state index contributed by atoms with van der Waals surface area (Å²) in [4.78, 5) is 16.5. The molecule has 0 bridgehead atoms. The molecule has 2 N–H and O–H groups in total. The molecule has 1 aromatic heterocycles. The standard InChI is InChI=1S/C21H21N3O/c1-16-7-5-6-10-18(16)15-23-19-11-12-22-20(13-19)21(25)24-14-17-8-3-2-4-9-17/h2-13H,14-15H2,1H3,(H,22,23)(H,24,25). The van der Waals surface area contributed by atoms with Gasteiger partial charge in [-0.2, -0.15) is 0 Å². The predicted octanol–water partition coefficient (Wildman–Crippen LogP) is 3.93. The molecule has 25 heavy (non-hydrogen) atoms. The van der Waals surface area contributed by atoms with E-state index in [1.807, 2.05) is 48.5 Å². The van der Waals surface area contributed by atoms with Gasteiger partial charge >= 0.3 is 0 Å². The van der Waals surface area contributed by atoms with Gasteiger partial charge in [0, 0.05) is 25.0 Å². The Labute approximate surface area is 147 Å². The zero-order valence-electron chi connectivity index (χ0n) is 14.2. The highest BCUT2D eigenvalue weighted by molar-refractivity contribution is 5.93. The van der Waals surface area contributed by atoms with Crippen LogP contribution in [0.25, 0.3) is 0 Å². The van der Waals surface area contributed by atoms with Crippen molar-refractivity contribution in [2.75, 3.05) is 5.32 Å². The molecule has 0 unspecified atom stereocenters. The number of carbonyl (C=O) groups excluding carboxylic acids is 1. The van der Waals surface area contributed by atoms with Crippen molar-refractivity contribution in [2.24, 2.45) is 0 Å². The van der Waals surface area contributed by atoms with E-state index >= 15 is 0 Å². The summed E-state index contributed by atoms with van der Waals surface area (Å²) in [5, 5.41) is 6.25. The van der Waals surface area contributed by atoms with Gasteiger partial charge < -0.3 is 10.6 Å². The van der Waals surface area contributed by atoms with Crippen molar-refractivity contribution in [1.82, 2.24) is 10.3 Å². The number of hydrogen-bond donors (Lipinski definition) is 2. The molecule has 2 aromatic carbocycles. The minimum Gasteiger partial charge on any atom is -0.381 e. The van der Waals surface area contributed by atoms with Crippen molar-refractivity contribution in [1.29, 1.82) is 0 Å². The van der Waals surface area contributed by atoms with Crippen LogP contribution in [-0.2, 0) is 13.1 Å². The number of nitrogens with one attached hydrogen (secondary N) is 2.